The van der Waals surface area contributed by atoms with Crippen molar-refractivity contribution >= 4 is 17.7 Å². The first kappa shape index (κ1) is 8.87. The van der Waals surface area contributed by atoms with Gasteiger partial charge >= 0.3 is 5.97 Å². The summed E-state index contributed by atoms with van der Waals surface area (Å²) in [6.07, 6.45) is 0.970. The van der Waals surface area contributed by atoms with Gasteiger partial charge < -0.3 is 10.4 Å². The van der Waals surface area contributed by atoms with E-state index in [0.29, 0.717) is 0 Å². The van der Waals surface area contributed by atoms with Crippen molar-refractivity contribution in [2.24, 2.45) is 5.92 Å². The Bertz CT molecular complexity index is 151. The van der Waals surface area contributed by atoms with E-state index in [-0.39, 0.29) is 12.0 Å². The number of carbonyl (C=O) groups is 1. The van der Waals surface area contributed by atoms with E-state index in [1.165, 1.54) is 0 Å². The second-order valence-electron chi connectivity index (χ2n) is 2.70. The number of hydrogen-bond acceptors (Lipinski definition) is 3. The zero-order valence-electron chi connectivity index (χ0n) is 6.54. The van der Waals surface area contributed by atoms with Gasteiger partial charge in [-0.05, 0) is 19.2 Å². The Morgan fingerprint density at radius 3 is 2.91 bits per heavy atom. The van der Waals surface area contributed by atoms with Crippen molar-refractivity contribution < 1.29 is 9.90 Å². The summed E-state index contributed by atoms with van der Waals surface area (Å²) >= 11 is 1.73. The minimum atomic E-state index is -0.670. The molecule has 0 saturated carbocycles. The number of carboxylic acids is 1. The molecule has 4 heteroatoms. The quantitative estimate of drug-likeness (QED) is 0.638. The molecule has 0 radical (unpaired) electrons. The van der Waals surface area contributed by atoms with Crippen LogP contribution < -0.4 is 5.32 Å². The van der Waals surface area contributed by atoms with E-state index in [9.17, 15) is 4.79 Å². The standard InChI is InChI=1S/C7H13NO2S/c1-8-6-2-3-11-4-5(6)7(9)10/h5-6,8H,2-4H2,1H3,(H,9,10). The van der Waals surface area contributed by atoms with Crippen LogP contribution in [0.3, 0.4) is 0 Å². The third-order valence-electron chi connectivity index (χ3n) is 2.04. The number of aliphatic carboxylic acids is 1. The van der Waals surface area contributed by atoms with Crippen molar-refractivity contribution in [2.75, 3.05) is 18.6 Å². The summed E-state index contributed by atoms with van der Waals surface area (Å²) in [4.78, 5) is 10.7. The van der Waals surface area contributed by atoms with Crippen LogP contribution >= 0.6 is 11.8 Å². The summed E-state index contributed by atoms with van der Waals surface area (Å²) in [6, 6.07) is 0.175. The second kappa shape index (κ2) is 3.97. The van der Waals surface area contributed by atoms with Crippen molar-refractivity contribution in [3.63, 3.8) is 0 Å². The van der Waals surface area contributed by atoms with Crippen LogP contribution in [0.25, 0.3) is 0 Å². The summed E-state index contributed by atoms with van der Waals surface area (Å²) in [5.41, 5.74) is 0. The largest absolute Gasteiger partial charge is 0.481 e. The monoisotopic (exact) mass is 175 g/mol. The maximum absolute atomic E-state index is 10.7. The molecule has 1 rings (SSSR count). The molecule has 2 unspecified atom stereocenters. The van der Waals surface area contributed by atoms with Gasteiger partial charge in [0.05, 0.1) is 5.92 Å². The molecule has 0 aromatic heterocycles. The van der Waals surface area contributed by atoms with Crippen LogP contribution in [-0.2, 0) is 4.79 Å². The van der Waals surface area contributed by atoms with Gasteiger partial charge in [-0.25, -0.2) is 0 Å². The van der Waals surface area contributed by atoms with Gasteiger partial charge in [-0.1, -0.05) is 0 Å². The first-order valence-corrected chi connectivity index (χ1v) is 4.89. The first-order chi connectivity index (χ1) is 5.25. The van der Waals surface area contributed by atoms with Crippen LogP contribution in [0.2, 0.25) is 0 Å². The Hall–Kier alpha value is -0.220. The molecule has 1 heterocycles. The zero-order valence-corrected chi connectivity index (χ0v) is 7.36. The fraction of sp³-hybridized carbons (Fsp3) is 0.857. The lowest BCUT2D eigenvalue weighted by molar-refractivity contribution is -0.141. The second-order valence-corrected chi connectivity index (χ2v) is 3.85. The number of thioether (sulfide) groups is 1. The van der Waals surface area contributed by atoms with Gasteiger partial charge in [-0.2, -0.15) is 11.8 Å². The molecule has 1 fully saturated rings. The predicted molar refractivity (Wildman–Crippen MR) is 45.9 cm³/mol. The molecule has 0 spiro atoms. The van der Waals surface area contributed by atoms with Crippen LogP contribution in [0.15, 0.2) is 0 Å². The lowest BCUT2D eigenvalue weighted by Crippen LogP contribution is -2.42. The maximum Gasteiger partial charge on any atom is 0.308 e. The van der Waals surface area contributed by atoms with E-state index >= 15 is 0 Å². The number of nitrogens with one attached hydrogen (secondary N) is 1. The van der Waals surface area contributed by atoms with E-state index in [2.05, 4.69) is 5.32 Å². The summed E-state index contributed by atoms with van der Waals surface area (Å²) in [7, 11) is 1.83. The average Bonchev–Trinajstić information content (AvgIpc) is 2.04. The smallest absolute Gasteiger partial charge is 0.308 e. The zero-order chi connectivity index (χ0) is 8.27. The van der Waals surface area contributed by atoms with E-state index in [0.717, 1.165) is 17.9 Å². The van der Waals surface area contributed by atoms with Gasteiger partial charge in [0.2, 0.25) is 0 Å². The Morgan fingerprint density at radius 2 is 2.45 bits per heavy atom. The van der Waals surface area contributed by atoms with Crippen molar-refractivity contribution in [3.8, 4) is 0 Å². The normalized spacial score (nSPS) is 31.7. The molecule has 0 aromatic rings. The van der Waals surface area contributed by atoms with Gasteiger partial charge in [0.1, 0.15) is 0 Å². The lowest BCUT2D eigenvalue weighted by atomic mass is 9.99. The molecule has 64 valence electrons. The molecular formula is C7H13NO2S. The average molecular weight is 175 g/mol. The third kappa shape index (κ3) is 2.10. The number of hydrogen-bond donors (Lipinski definition) is 2. The van der Waals surface area contributed by atoms with Crippen LogP contribution in [-0.4, -0.2) is 35.7 Å². The first-order valence-electron chi connectivity index (χ1n) is 3.73. The molecule has 3 nitrogen and oxygen atoms in total. The van der Waals surface area contributed by atoms with Crippen molar-refractivity contribution in [2.45, 2.75) is 12.5 Å². The summed E-state index contributed by atoms with van der Waals surface area (Å²) < 4.78 is 0. The summed E-state index contributed by atoms with van der Waals surface area (Å²) in [5.74, 6) is 0.964. The molecule has 2 atom stereocenters. The molecule has 0 aliphatic carbocycles. The van der Waals surface area contributed by atoms with Gasteiger partial charge in [-0.15, -0.1) is 0 Å². The van der Waals surface area contributed by atoms with Crippen LogP contribution in [0.4, 0.5) is 0 Å². The van der Waals surface area contributed by atoms with Crippen LogP contribution in [0.5, 0.6) is 0 Å². The molecule has 11 heavy (non-hydrogen) atoms. The van der Waals surface area contributed by atoms with Crippen molar-refractivity contribution in [3.05, 3.63) is 0 Å². The number of rotatable bonds is 2. The predicted octanol–water partition coefficient (Wildman–Crippen LogP) is 0.412. The Labute approximate surface area is 70.6 Å². The van der Waals surface area contributed by atoms with Gasteiger partial charge in [0.15, 0.2) is 0 Å². The minimum absolute atomic E-state index is 0.175. The minimum Gasteiger partial charge on any atom is -0.481 e. The van der Waals surface area contributed by atoms with E-state index < -0.39 is 5.97 Å². The lowest BCUT2D eigenvalue weighted by Gasteiger charge is -2.27. The van der Waals surface area contributed by atoms with Crippen molar-refractivity contribution in [1.29, 1.82) is 0 Å². The molecule has 1 aliphatic rings. The van der Waals surface area contributed by atoms with Gasteiger partial charge in [0.25, 0.3) is 0 Å². The Balaban J connectivity index is 2.51. The van der Waals surface area contributed by atoms with Crippen LogP contribution in [0.1, 0.15) is 6.42 Å². The molecule has 0 aromatic carbocycles. The maximum atomic E-state index is 10.7. The fourth-order valence-corrected chi connectivity index (χ4v) is 2.54. The summed E-state index contributed by atoms with van der Waals surface area (Å²) in [5, 5.41) is 11.8. The van der Waals surface area contributed by atoms with Crippen molar-refractivity contribution in [1.82, 2.24) is 5.32 Å². The third-order valence-corrected chi connectivity index (χ3v) is 3.16. The fourth-order valence-electron chi connectivity index (χ4n) is 1.33. The Morgan fingerprint density at radius 1 is 1.73 bits per heavy atom. The highest BCUT2D eigenvalue weighted by Crippen LogP contribution is 2.22. The van der Waals surface area contributed by atoms with Gasteiger partial charge in [0, 0.05) is 11.8 Å². The van der Waals surface area contributed by atoms with E-state index in [1.807, 2.05) is 7.05 Å². The highest BCUT2D eigenvalue weighted by Gasteiger charge is 2.29. The van der Waals surface area contributed by atoms with E-state index in [1.54, 1.807) is 11.8 Å². The topological polar surface area (TPSA) is 49.3 Å². The summed E-state index contributed by atoms with van der Waals surface area (Å²) in [6.45, 7) is 0. The van der Waals surface area contributed by atoms with Gasteiger partial charge in [-0.3, -0.25) is 4.79 Å². The molecule has 0 bridgehead atoms. The Kier molecular flexibility index (Phi) is 3.20. The highest BCUT2D eigenvalue weighted by molar-refractivity contribution is 7.99. The molecular weight excluding hydrogens is 162 g/mol. The SMILES string of the molecule is CNC1CCSCC1C(=O)O. The molecule has 1 saturated heterocycles. The van der Waals surface area contributed by atoms with Crippen LogP contribution in [0, 0.1) is 5.92 Å². The van der Waals surface area contributed by atoms with E-state index in [4.69, 9.17) is 5.11 Å². The molecule has 0 amide bonds. The molecule has 1 aliphatic heterocycles. The highest BCUT2D eigenvalue weighted by atomic mass is 32.2. The molecule has 2 N–H and O–H groups in total. The number of carboxylic acid groups (broad SMARTS) is 1.